The molecule has 1 N–H and O–H groups in total. The number of amides is 2. The number of aromatic nitrogens is 1. The summed E-state index contributed by atoms with van der Waals surface area (Å²) in [6.45, 7) is 4.68. The fourth-order valence-electron chi connectivity index (χ4n) is 3.80. The summed E-state index contributed by atoms with van der Waals surface area (Å²) < 4.78 is 0. The average Bonchev–Trinajstić information content (AvgIpc) is 3.57. The van der Waals surface area contributed by atoms with Gasteiger partial charge in [-0.3, -0.25) is 9.59 Å². The van der Waals surface area contributed by atoms with Gasteiger partial charge in [-0.15, -0.1) is 0 Å². The number of carbonyl (C=O) groups is 2. The van der Waals surface area contributed by atoms with E-state index in [0.29, 0.717) is 25.9 Å². The van der Waals surface area contributed by atoms with Gasteiger partial charge in [-0.2, -0.15) is 0 Å². The van der Waals surface area contributed by atoms with Crippen molar-refractivity contribution in [3.8, 4) is 0 Å². The molecule has 1 saturated heterocycles. The van der Waals surface area contributed by atoms with Crippen LogP contribution < -0.4 is 10.2 Å². The number of hydrogen-bond donors (Lipinski definition) is 1. The lowest BCUT2D eigenvalue weighted by Gasteiger charge is -2.37. The van der Waals surface area contributed by atoms with Crippen molar-refractivity contribution in [3.63, 3.8) is 0 Å². The Hall–Kier alpha value is -2.89. The maximum absolute atomic E-state index is 13.1. The molecule has 146 valence electrons. The Labute approximate surface area is 165 Å². The van der Waals surface area contributed by atoms with E-state index in [1.54, 1.807) is 6.20 Å². The van der Waals surface area contributed by atoms with E-state index in [0.717, 1.165) is 24.5 Å². The largest absolute Gasteiger partial charge is 0.353 e. The lowest BCUT2D eigenvalue weighted by molar-refractivity contribution is -0.144. The molecule has 1 saturated carbocycles. The van der Waals surface area contributed by atoms with E-state index in [4.69, 9.17) is 0 Å². The first kappa shape index (κ1) is 18.5. The lowest BCUT2D eigenvalue weighted by Crippen LogP contribution is -2.53. The minimum absolute atomic E-state index is 0.0223. The minimum atomic E-state index is -0.865. The lowest BCUT2D eigenvalue weighted by atomic mass is 10.0. The molecule has 1 aliphatic carbocycles. The Morgan fingerprint density at radius 2 is 1.68 bits per heavy atom. The quantitative estimate of drug-likeness (QED) is 0.812. The molecule has 6 nitrogen and oxygen atoms in total. The molecular weight excluding hydrogens is 352 g/mol. The van der Waals surface area contributed by atoms with Gasteiger partial charge < -0.3 is 15.1 Å². The van der Waals surface area contributed by atoms with E-state index in [1.165, 1.54) is 0 Å². The second-order valence-electron chi connectivity index (χ2n) is 7.66. The molecule has 0 radical (unpaired) electrons. The van der Waals surface area contributed by atoms with E-state index in [2.05, 4.69) is 15.2 Å². The van der Waals surface area contributed by atoms with Crippen LogP contribution >= 0.6 is 0 Å². The van der Waals surface area contributed by atoms with Crippen LogP contribution in [0.4, 0.5) is 5.82 Å². The highest BCUT2D eigenvalue weighted by Crippen LogP contribution is 2.48. The van der Waals surface area contributed by atoms with Gasteiger partial charge in [-0.1, -0.05) is 36.4 Å². The first-order valence-corrected chi connectivity index (χ1v) is 9.91. The molecule has 1 atom stereocenters. The maximum Gasteiger partial charge on any atom is 0.238 e. The summed E-state index contributed by atoms with van der Waals surface area (Å²) in [5.74, 6) is 0.775. The van der Waals surface area contributed by atoms with Crippen molar-refractivity contribution < 1.29 is 9.59 Å². The summed E-state index contributed by atoms with van der Waals surface area (Å²) >= 11 is 0. The maximum atomic E-state index is 13.1. The van der Waals surface area contributed by atoms with Crippen molar-refractivity contribution in [2.24, 2.45) is 5.41 Å². The Morgan fingerprint density at radius 3 is 2.29 bits per heavy atom. The van der Waals surface area contributed by atoms with Crippen LogP contribution in [-0.2, 0) is 9.59 Å². The van der Waals surface area contributed by atoms with Gasteiger partial charge >= 0.3 is 0 Å². The molecule has 1 unspecified atom stereocenters. The zero-order valence-corrected chi connectivity index (χ0v) is 16.2. The summed E-state index contributed by atoms with van der Waals surface area (Å²) in [6, 6.07) is 15.6. The third-order valence-corrected chi connectivity index (χ3v) is 5.78. The van der Waals surface area contributed by atoms with Crippen LogP contribution in [-0.4, -0.2) is 47.9 Å². The number of hydrogen-bond acceptors (Lipinski definition) is 4. The highest BCUT2D eigenvalue weighted by molar-refractivity contribution is 6.08. The SMILES string of the molecule is CC(NC(=O)C1(C(=O)N2CCN(c3ccccn3)CC2)CC1)c1ccccc1. The zero-order chi connectivity index (χ0) is 19.6. The summed E-state index contributed by atoms with van der Waals surface area (Å²) in [4.78, 5) is 34.4. The summed E-state index contributed by atoms with van der Waals surface area (Å²) in [5.41, 5.74) is 0.180. The monoisotopic (exact) mass is 378 g/mol. The summed E-state index contributed by atoms with van der Waals surface area (Å²) in [6.07, 6.45) is 3.06. The van der Waals surface area contributed by atoms with Crippen molar-refractivity contribution in [1.29, 1.82) is 0 Å². The third kappa shape index (κ3) is 3.59. The van der Waals surface area contributed by atoms with E-state index in [-0.39, 0.29) is 17.9 Å². The predicted octanol–water partition coefficient (Wildman–Crippen LogP) is 2.39. The molecule has 2 amide bonds. The second kappa shape index (κ2) is 7.62. The van der Waals surface area contributed by atoms with Crippen molar-refractivity contribution in [2.45, 2.75) is 25.8 Å². The third-order valence-electron chi connectivity index (χ3n) is 5.78. The van der Waals surface area contributed by atoms with E-state index < -0.39 is 5.41 Å². The molecule has 2 fully saturated rings. The number of pyridine rings is 1. The number of rotatable bonds is 5. The molecule has 6 heteroatoms. The molecule has 2 aliphatic rings. The van der Waals surface area contributed by atoms with Crippen LogP contribution in [0.1, 0.15) is 31.4 Å². The number of benzene rings is 1. The second-order valence-corrected chi connectivity index (χ2v) is 7.66. The molecule has 28 heavy (non-hydrogen) atoms. The van der Waals surface area contributed by atoms with Crippen LogP contribution in [0.3, 0.4) is 0 Å². The molecular formula is C22H26N4O2. The van der Waals surface area contributed by atoms with Gasteiger partial charge in [0.1, 0.15) is 11.2 Å². The minimum Gasteiger partial charge on any atom is -0.353 e. The highest BCUT2D eigenvalue weighted by Gasteiger charge is 2.58. The zero-order valence-electron chi connectivity index (χ0n) is 16.2. The van der Waals surface area contributed by atoms with E-state index in [9.17, 15) is 9.59 Å². The Kier molecular flexibility index (Phi) is 5.03. The van der Waals surface area contributed by atoms with Gasteiger partial charge in [0.25, 0.3) is 0 Å². The number of nitrogens with one attached hydrogen (secondary N) is 1. The van der Waals surface area contributed by atoms with Crippen LogP contribution in [0, 0.1) is 5.41 Å². The number of anilines is 1. The fourth-order valence-corrected chi connectivity index (χ4v) is 3.80. The van der Waals surface area contributed by atoms with Gasteiger partial charge in [0.05, 0.1) is 6.04 Å². The van der Waals surface area contributed by atoms with Crippen molar-refractivity contribution >= 4 is 17.6 Å². The number of nitrogens with zero attached hydrogens (tertiary/aromatic N) is 3. The summed E-state index contributed by atoms with van der Waals surface area (Å²) in [7, 11) is 0. The molecule has 0 spiro atoms. The number of carbonyl (C=O) groups excluding carboxylic acids is 2. The molecule has 0 bridgehead atoms. The molecule has 1 aromatic heterocycles. The highest BCUT2D eigenvalue weighted by atomic mass is 16.2. The standard InChI is InChI=1S/C22H26N4O2/c1-17(18-7-3-2-4-8-18)24-20(27)22(10-11-22)21(28)26-15-13-25(14-16-26)19-9-5-6-12-23-19/h2-9,12,17H,10-11,13-16H2,1H3,(H,24,27). The Morgan fingerprint density at radius 1 is 1.00 bits per heavy atom. The molecule has 1 aliphatic heterocycles. The molecule has 2 aromatic rings. The van der Waals surface area contributed by atoms with E-state index >= 15 is 0 Å². The number of piperazine rings is 1. The first-order chi connectivity index (χ1) is 13.6. The summed E-state index contributed by atoms with van der Waals surface area (Å²) in [5, 5.41) is 3.05. The van der Waals surface area contributed by atoms with Crippen LogP contribution in [0.5, 0.6) is 0 Å². The molecule has 4 rings (SSSR count). The van der Waals surface area contributed by atoms with Gasteiger partial charge in [0.2, 0.25) is 11.8 Å². The fraction of sp³-hybridized carbons (Fsp3) is 0.409. The molecule has 1 aromatic carbocycles. The van der Waals surface area contributed by atoms with Crippen molar-refractivity contribution in [2.75, 3.05) is 31.1 Å². The first-order valence-electron chi connectivity index (χ1n) is 9.91. The van der Waals surface area contributed by atoms with Crippen LogP contribution in [0.25, 0.3) is 0 Å². The van der Waals surface area contributed by atoms with Crippen LogP contribution in [0.15, 0.2) is 54.7 Å². The van der Waals surface area contributed by atoms with Gasteiger partial charge in [0.15, 0.2) is 0 Å². The van der Waals surface area contributed by atoms with E-state index in [1.807, 2.05) is 60.4 Å². The van der Waals surface area contributed by atoms with Gasteiger partial charge in [0, 0.05) is 32.4 Å². The van der Waals surface area contributed by atoms with Crippen molar-refractivity contribution in [1.82, 2.24) is 15.2 Å². The average molecular weight is 378 g/mol. The normalized spacial score (nSPS) is 19.0. The van der Waals surface area contributed by atoms with Gasteiger partial charge in [-0.25, -0.2) is 4.98 Å². The Bertz CT molecular complexity index is 828. The van der Waals surface area contributed by atoms with Gasteiger partial charge in [-0.05, 0) is 37.5 Å². The van der Waals surface area contributed by atoms with Crippen LogP contribution in [0.2, 0.25) is 0 Å². The Balaban J connectivity index is 1.36. The topological polar surface area (TPSA) is 65.5 Å². The van der Waals surface area contributed by atoms with Crippen molar-refractivity contribution in [3.05, 3.63) is 60.3 Å². The predicted molar refractivity (Wildman–Crippen MR) is 108 cm³/mol. The smallest absolute Gasteiger partial charge is 0.238 e. The molecule has 2 heterocycles.